The second-order valence-electron chi connectivity index (χ2n) is 6.65. The number of ether oxygens (including phenoxy) is 1. The molecule has 13 heteroatoms. The minimum atomic E-state index is -1.38. The van der Waals surface area contributed by atoms with Crippen LogP contribution in [-0.2, 0) is 10.5 Å². The van der Waals surface area contributed by atoms with Crippen molar-refractivity contribution in [2.45, 2.75) is 35.4 Å². The summed E-state index contributed by atoms with van der Waals surface area (Å²) in [5.41, 5.74) is 6.05. The van der Waals surface area contributed by atoms with Crippen molar-refractivity contribution in [3.05, 3.63) is 44.2 Å². The number of thioether (sulfide) groups is 1. The first-order valence-corrected chi connectivity index (χ1v) is 10.5. The van der Waals surface area contributed by atoms with Crippen molar-refractivity contribution in [1.82, 2.24) is 19.5 Å². The van der Waals surface area contributed by atoms with E-state index in [0.29, 0.717) is 21.0 Å². The highest BCUT2D eigenvalue weighted by atomic mass is 35.5. The molecule has 4 rings (SSSR count). The molecule has 0 amide bonds. The van der Waals surface area contributed by atoms with Crippen LogP contribution in [0.15, 0.2) is 28.2 Å². The van der Waals surface area contributed by atoms with E-state index in [9.17, 15) is 20.1 Å². The van der Waals surface area contributed by atoms with Crippen LogP contribution in [0.4, 0.5) is 5.95 Å². The predicted octanol–water partition coefficient (Wildman–Crippen LogP) is 0.912. The van der Waals surface area contributed by atoms with Crippen molar-refractivity contribution >= 4 is 52.1 Å². The van der Waals surface area contributed by atoms with Gasteiger partial charge in [0.05, 0.1) is 16.7 Å². The monoisotopic (exact) mass is 473 g/mol. The van der Waals surface area contributed by atoms with Gasteiger partial charge in [-0.1, -0.05) is 41.0 Å². The Morgan fingerprint density at radius 1 is 1.23 bits per heavy atom. The van der Waals surface area contributed by atoms with Gasteiger partial charge in [0.1, 0.15) is 18.3 Å². The molecular formula is C17H17Cl2N5O5S. The van der Waals surface area contributed by atoms with E-state index in [1.165, 1.54) is 16.3 Å². The van der Waals surface area contributed by atoms with E-state index in [0.717, 1.165) is 5.56 Å². The van der Waals surface area contributed by atoms with Gasteiger partial charge in [0, 0.05) is 5.75 Å². The fraction of sp³-hybridized carbons (Fsp3) is 0.353. The largest absolute Gasteiger partial charge is 0.394 e. The third-order valence-corrected chi connectivity index (χ3v) is 6.42. The van der Waals surface area contributed by atoms with Crippen LogP contribution in [0, 0.1) is 0 Å². The summed E-state index contributed by atoms with van der Waals surface area (Å²) < 4.78 is 7.02. The number of hydrogen-bond donors (Lipinski definition) is 5. The van der Waals surface area contributed by atoms with E-state index in [1.807, 2.05) is 0 Å². The molecule has 30 heavy (non-hydrogen) atoms. The summed E-state index contributed by atoms with van der Waals surface area (Å²) in [4.78, 5) is 23.2. The zero-order valence-corrected chi connectivity index (χ0v) is 17.5. The number of nitrogens with two attached hydrogens (primary N) is 1. The number of imidazole rings is 1. The van der Waals surface area contributed by atoms with Gasteiger partial charge in [-0.3, -0.25) is 14.3 Å². The molecule has 4 atom stereocenters. The standard InChI is InChI=1S/C17H17Cl2N5O5S/c18-7-2-1-6(3-8(7)19)5-30-17-21-10-13(22-16(20)23-14(10)28)24(17)15-12(27)11(26)9(4-25)29-15/h1-3,9,11-12,15,25-27H,4-5H2,(H3,20,22,23,28)/t9-,11-,12-,15-/m1/s1. The number of halogens is 2. The Morgan fingerprint density at radius 2 is 2.00 bits per heavy atom. The molecule has 1 aliphatic rings. The number of aromatic nitrogens is 4. The van der Waals surface area contributed by atoms with Crippen molar-refractivity contribution in [2.24, 2.45) is 0 Å². The summed E-state index contributed by atoms with van der Waals surface area (Å²) in [6.45, 7) is -0.497. The molecule has 0 spiro atoms. The third kappa shape index (κ3) is 3.78. The normalized spacial score (nSPS) is 24.0. The third-order valence-electron chi connectivity index (χ3n) is 4.66. The molecule has 2 aromatic heterocycles. The summed E-state index contributed by atoms with van der Waals surface area (Å²) in [5.74, 6) is 0.268. The van der Waals surface area contributed by atoms with E-state index in [1.54, 1.807) is 18.2 Å². The number of benzene rings is 1. The van der Waals surface area contributed by atoms with Crippen molar-refractivity contribution in [3.63, 3.8) is 0 Å². The Hall–Kier alpha value is -1.86. The first-order chi connectivity index (χ1) is 14.3. The minimum Gasteiger partial charge on any atom is -0.394 e. The summed E-state index contributed by atoms with van der Waals surface area (Å²) >= 11 is 13.2. The molecule has 0 bridgehead atoms. The van der Waals surface area contributed by atoms with Crippen molar-refractivity contribution in [1.29, 1.82) is 0 Å². The van der Waals surface area contributed by atoms with Crippen LogP contribution in [0.25, 0.3) is 11.2 Å². The van der Waals surface area contributed by atoms with Crippen molar-refractivity contribution in [2.75, 3.05) is 12.3 Å². The number of fused-ring (bicyclic) bond motifs is 1. The van der Waals surface area contributed by atoms with Gasteiger partial charge in [-0.05, 0) is 17.7 Å². The van der Waals surface area contributed by atoms with E-state index in [-0.39, 0.29) is 17.1 Å². The maximum atomic E-state index is 12.3. The van der Waals surface area contributed by atoms with Crippen LogP contribution >= 0.6 is 35.0 Å². The SMILES string of the molecule is Nc1nc2c(nc(SCc3ccc(Cl)c(Cl)c3)n2[C@@H]2O[C@H](CO)[C@@H](O)[C@H]2O)c(=O)[nH]1. The molecule has 6 N–H and O–H groups in total. The molecule has 3 heterocycles. The number of nitrogen functional groups attached to an aromatic ring is 1. The maximum absolute atomic E-state index is 12.3. The van der Waals surface area contributed by atoms with Gasteiger partial charge < -0.3 is 25.8 Å². The predicted molar refractivity (Wildman–Crippen MR) is 112 cm³/mol. The molecule has 1 aliphatic heterocycles. The molecule has 3 aromatic rings. The highest BCUT2D eigenvalue weighted by Crippen LogP contribution is 2.36. The number of hydrogen-bond acceptors (Lipinski definition) is 9. The van der Waals surface area contributed by atoms with Gasteiger partial charge >= 0.3 is 0 Å². The zero-order valence-electron chi connectivity index (χ0n) is 15.2. The number of anilines is 1. The molecule has 1 fully saturated rings. The Bertz CT molecular complexity index is 1160. The topological polar surface area (TPSA) is 160 Å². The van der Waals surface area contributed by atoms with Crippen molar-refractivity contribution < 1.29 is 20.1 Å². The summed E-state index contributed by atoms with van der Waals surface area (Å²) in [7, 11) is 0. The van der Waals surface area contributed by atoms with Crippen LogP contribution in [-0.4, -0.2) is 59.8 Å². The Kier molecular flexibility index (Phi) is 5.95. The molecule has 0 saturated carbocycles. The second-order valence-corrected chi connectivity index (χ2v) is 8.41. The first-order valence-electron chi connectivity index (χ1n) is 8.77. The number of aromatic amines is 1. The Balaban J connectivity index is 1.77. The number of aliphatic hydroxyl groups is 3. The zero-order chi connectivity index (χ0) is 21.6. The van der Waals surface area contributed by atoms with Gasteiger partial charge in [0.25, 0.3) is 5.56 Å². The minimum absolute atomic E-state index is 0.00132. The highest BCUT2D eigenvalue weighted by Gasteiger charge is 2.45. The van der Waals surface area contributed by atoms with Gasteiger partial charge in [-0.25, -0.2) is 4.98 Å². The van der Waals surface area contributed by atoms with Crippen LogP contribution in [0.3, 0.4) is 0 Å². The number of aliphatic hydroxyl groups excluding tert-OH is 3. The number of rotatable bonds is 5. The fourth-order valence-electron chi connectivity index (χ4n) is 3.18. The fourth-order valence-corrected chi connectivity index (χ4v) is 4.46. The molecule has 1 aromatic carbocycles. The molecule has 0 unspecified atom stereocenters. The van der Waals surface area contributed by atoms with Crippen LogP contribution in [0.1, 0.15) is 11.8 Å². The average Bonchev–Trinajstić information content (AvgIpc) is 3.20. The lowest BCUT2D eigenvalue weighted by atomic mass is 10.1. The second kappa shape index (κ2) is 8.35. The highest BCUT2D eigenvalue weighted by molar-refractivity contribution is 7.98. The first kappa shape index (κ1) is 21.4. The Morgan fingerprint density at radius 3 is 2.67 bits per heavy atom. The van der Waals surface area contributed by atoms with E-state index in [2.05, 4.69) is 15.0 Å². The molecule has 10 nitrogen and oxygen atoms in total. The maximum Gasteiger partial charge on any atom is 0.280 e. The van der Waals surface area contributed by atoms with Gasteiger partial charge in [0.15, 0.2) is 22.5 Å². The molecule has 0 aliphatic carbocycles. The lowest BCUT2D eigenvalue weighted by Gasteiger charge is -2.19. The quantitative estimate of drug-likeness (QED) is 0.339. The smallest absolute Gasteiger partial charge is 0.280 e. The summed E-state index contributed by atoms with van der Waals surface area (Å²) in [5, 5.41) is 31.2. The lowest BCUT2D eigenvalue weighted by molar-refractivity contribution is -0.0548. The molecule has 1 saturated heterocycles. The molecule has 160 valence electrons. The van der Waals surface area contributed by atoms with E-state index in [4.69, 9.17) is 33.7 Å². The molecule has 0 radical (unpaired) electrons. The average molecular weight is 474 g/mol. The summed E-state index contributed by atoms with van der Waals surface area (Å²) in [6.07, 6.45) is -4.85. The van der Waals surface area contributed by atoms with Gasteiger partial charge in [0.2, 0.25) is 5.95 Å². The number of nitrogens with zero attached hydrogens (tertiary/aromatic N) is 3. The van der Waals surface area contributed by atoms with Gasteiger partial charge in [-0.15, -0.1) is 0 Å². The molecular weight excluding hydrogens is 457 g/mol. The van der Waals surface area contributed by atoms with E-state index < -0.39 is 36.7 Å². The summed E-state index contributed by atoms with van der Waals surface area (Å²) in [6, 6.07) is 5.17. The lowest BCUT2D eigenvalue weighted by Crippen LogP contribution is -2.33. The van der Waals surface area contributed by atoms with Crippen LogP contribution in [0.2, 0.25) is 10.0 Å². The van der Waals surface area contributed by atoms with E-state index >= 15 is 0 Å². The van der Waals surface area contributed by atoms with Crippen LogP contribution in [0.5, 0.6) is 0 Å². The van der Waals surface area contributed by atoms with Gasteiger partial charge in [-0.2, -0.15) is 4.98 Å². The van der Waals surface area contributed by atoms with Crippen LogP contribution < -0.4 is 11.3 Å². The Labute approximate surface area is 183 Å². The number of H-pyrrole nitrogens is 1. The van der Waals surface area contributed by atoms with Crippen molar-refractivity contribution in [3.8, 4) is 0 Å². The number of nitrogens with one attached hydrogen (secondary N) is 1.